The van der Waals surface area contributed by atoms with Crippen molar-refractivity contribution < 1.29 is 19.1 Å². The van der Waals surface area contributed by atoms with E-state index in [4.69, 9.17) is 0 Å². The smallest absolute Gasteiger partial charge is 0.307 e. The average Bonchev–Trinajstić information content (AvgIpc) is 3.33. The topological polar surface area (TPSA) is 84.2 Å². The minimum atomic E-state index is -0.919. The molecule has 4 rings (SSSR count). The van der Waals surface area contributed by atoms with E-state index in [2.05, 4.69) is 10.4 Å². The molecule has 1 aromatic carbocycles. The lowest BCUT2D eigenvalue weighted by Gasteiger charge is -2.23. The number of carboxylic acids is 1. The number of rotatable bonds is 5. The van der Waals surface area contributed by atoms with E-state index in [1.807, 2.05) is 19.1 Å². The van der Waals surface area contributed by atoms with Gasteiger partial charge in [0.2, 0.25) is 5.91 Å². The summed E-state index contributed by atoms with van der Waals surface area (Å²) < 4.78 is 14.9. The number of benzene rings is 1. The molecule has 7 heteroatoms. The Hall–Kier alpha value is -2.96. The van der Waals surface area contributed by atoms with E-state index in [1.54, 1.807) is 23.7 Å². The number of hydrogen-bond acceptors (Lipinski definition) is 3. The predicted octanol–water partition coefficient (Wildman–Crippen LogP) is 3.15. The molecule has 2 bridgehead atoms. The van der Waals surface area contributed by atoms with Crippen LogP contribution < -0.4 is 5.32 Å². The first kappa shape index (κ1) is 18.4. The molecule has 0 unspecified atom stereocenters. The van der Waals surface area contributed by atoms with Gasteiger partial charge in [0.1, 0.15) is 5.82 Å². The Morgan fingerprint density at radius 3 is 2.46 bits per heavy atom. The number of aryl methyl sites for hydroxylation is 1. The van der Waals surface area contributed by atoms with Gasteiger partial charge in [0.15, 0.2) is 0 Å². The van der Waals surface area contributed by atoms with Gasteiger partial charge in [0, 0.05) is 0 Å². The van der Waals surface area contributed by atoms with E-state index >= 15 is 0 Å². The highest BCUT2D eigenvalue weighted by molar-refractivity contribution is 5.97. The summed E-state index contributed by atoms with van der Waals surface area (Å²) in [5, 5.41) is 17.0. The van der Waals surface area contributed by atoms with E-state index in [0.29, 0.717) is 17.9 Å². The molecule has 28 heavy (non-hydrogen) atoms. The number of amides is 1. The van der Waals surface area contributed by atoms with Crippen LogP contribution in [0.25, 0.3) is 0 Å². The van der Waals surface area contributed by atoms with Gasteiger partial charge in [-0.3, -0.25) is 14.3 Å². The molecular formula is C21H22FN3O3. The molecule has 1 saturated carbocycles. The molecule has 0 saturated heterocycles. The number of carboxylic acid groups (broad SMARTS) is 1. The maximum absolute atomic E-state index is 13.1. The standard InChI is InChI=1S/C21H22FN3O3/c1-11-19(12(2)25(24-11)10-13-3-7-16(22)8-4-13)23-20(26)17-14-5-6-15(9-14)18(17)21(27)28/h3-8,14-15,17-18H,9-10H2,1-2H3,(H,23,26)(H,27,28)/t14-,15-,17-,18+/m0/s1. The maximum atomic E-state index is 13.1. The van der Waals surface area contributed by atoms with Gasteiger partial charge in [-0.25, -0.2) is 4.39 Å². The number of fused-ring (bicyclic) bond motifs is 2. The lowest BCUT2D eigenvalue weighted by molar-refractivity contribution is -0.146. The van der Waals surface area contributed by atoms with Crippen molar-refractivity contribution in [2.24, 2.45) is 23.7 Å². The molecule has 0 aliphatic heterocycles. The molecule has 2 aromatic rings. The van der Waals surface area contributed by atoms with E-state index in [0.717, 1.165) is 17.7 Å². The van der Waals surface area contributed by atoms with E-state index in [9.17, 15) is 19.1 Å². The summed E-state index contributed by atoms with van der Waals surface area (Å²) in [5.41, 5.74) is 2.95. The van der Waals surface area contributed by atoms with Crippen LogP contribution in [-0.2, 0) is 16.1 Å². The van der Waals surface area contributed by atoms with Crippen molar-refractivity contribution in [1.82, 2.24) is 9.78 Å². The number of aliphatic carboxylic acids is 1. The van der Waals surface area contributed by atoms with Crippen LogP contribution in [0.4, 0.5) is 10.1 Å². The number of allylic oxidation sites excluding steroid dienone is 2. The Morgan fingerprint density at radius 2 is 1.82 bits per heavy atom. The fourth-order valence-corrected chi connectivity index (χ4v) is 4.52. The summed E-state index contributed by atoms with van der Waals surface area (Å²) in [6.45, 7) is 4.12. The van der Waals surface area contributed by atoms with Crippen LogP contribution in [0.5, 0.6) is 0 Å². The van der Waals surface area contributed by atoms with Crippen molar-refractivity contribution in [3.63, 3.8) is 0 Å². The molecule has 4 atom stereocenters. The molecule has 2 N–H and O–H groups in total. The number of carbonyl (C=O) groups excluding carboxylic acids is 1. The van der Waals surface area contributed by atoms with E-state index < -0.39 is 17.8 Å². The van der Waals surface area contributed by atoms with Gasteiger partial charge in [-0.15, -0.1) is 0 Å². The summed E-state index contributed by atoms with van der Waals surface area (Å²) in [4.78, 5) is 24.6. The molecule has 2 aliphatic carbocycles. The zero-order chi connectivity index (χ0) is 20.0. The zero-order valence-corrected chi connectivity index (χ0v) is 15.7. The molecule has 6 nitrogen and oxygen atoms in total. The molecule has 1 aromatic heterocycles. The second kappa shape index (κ2) is 6.89. The van der Waals surface area contributed by atoms with E-state index in [1.165, 1.54) is 12.1 Å². The van der Waals surface area contributed by atoms with Gasteiger partial charge in [0.25, 0.3) is 0 Å². The average molecular weight is 383 g/mol. The largest absolute Gasteiger partial charge is 0.481 e. The molecule has 146 valence electrons. The minimum Gasteiger partial charge on any atom is -0.481 e. The highest BCUT2D eigenvalue weighted by Gasteiger charge is 2.51. The monoisotopic (exact) mass is 383 g/mol. The van der Waals surface area contributed by atoms with Crippen LogP contribution in [0, 0.1) is 43.3 Å². The summed E-state index contributed by atoms with van der Waals surface area (Å²) in [6.07, 6.45) is 4.60. The lowest BCUT2D eigenvalue weighted by Crippen LogP contribution is -2.36. The molecular weight excluding hydrogens is 361 g/mol. The van der Waals surface area contributed by atoms with Gasteiger partial charge < -0.3 is 10.4 Å². The Balaban J connectivity index is 1.54. The zero-order valence-electron chi connectivity index (χ0n) is 15.7. The van der Waals surface area contributed by atoms with Crippen LogP contribution in [0.3, 0.4) is 0 Å². The Labute approximate surface area is 162 Å². The molecule has 1 amide bonds. The normalized spacial score (nSPS) is 25.2. The minimum absolute atomic E-state index is 0.0269. The highest BCUT2D eigenvalue weighted by atomic mass is 19.1. The van der Waals surface area contributed by atoms with Gasteiger partial charge in [0.05, 0.1) is 35.5 Å². The summed E-state index contributed by atoms with van der Waals surface area (Å²) >= 11 is 0. The quantitative estimate of drug-likeness (QED) is 0.777. The lowest BCUT2D eigenvalue weighted by atomic mass is 9.82. The fourth-order valence-electron chi connectivity index (χ4n) is 4.52. The number of aromatic nitrogens is 2. The van der Waals surface area contributed by atoms with Gasteiger partial charge in [-0.05, 0) is 49.8 Å². The first-order valence-electron chi connectivity index (χ1n) is 9.35. The summed E-state index contributed by atoms with van der Waals surface area (Å²) in [6, 6.07) is 6.20. The van der Waals surface area contributed by atoms with Crippen molar-refractivity contribution in [3.05, 3.63) is 59.2 Å². The van der Waals surface area contributed by atoms with Crippen molar-refractivity contribution in [1.29, 1.82) is 0 Å². The first-order valence-corrected chi connectivity index (χ1v) is 9.35. The van der Waals surface area contributed by atoms with Crippen molar-refractivity contribution in [2.45, 2.75) is 26.8 Å². The SMILES string of the molecule is Cc1nn(Cc2ccc(F)cc2)c(C)c1NC(=O)[C@@H]1[C@H](C(=O)O)[C@H]2C=C[C@H]1C2. The van der Waals surface area contributed by atoms with Crippen LogP contribution in [-0.4, -0.2) is 26.8 Å². The number of nitrogens with one attached hydrogen (secondary N) is 1. The second-order valence-corrected chi connectivity index (χ2v) is 7.66. The molecule has 0 spiro atoms. The van der Waals surface area contributed by atoms with Crippen molar-refractivity contribution >= 4 is 17.6 Å². The highest BCUT2D eigenvalue weighted by Crippen LogP contribution is 2.48. The maximum Gasteiger partial charge on any atom is 0.307 e. The summed E-state index contributed by atoms with van der Waals surface area (Å²) in [5.74, 6) is -2.81. The van der Waals surface area contributed by atoms with E-state index in [-0.39, 0.29) is 23.6 Å². The molecule has 2 aliphatic rings. The molecule has 1 fully saturated rings. The van der Waals surface area contributed by atoms with Crippen molar-refractivity contribution in [3.8, 4) is 0 Å². The molecule has 1 heterocycles. The first-order chi connectivity index (χ1) is 13.3. The third-order valence-corrected chi connectivity index (χ3v) is 5.92. The Kier molecular flexibility index (Phi) is 4.53. The second-order valence-electron chi connectivity index (χ2n) is 7.66. The Morgan fingerprint density at radius 1 is 1.18 bits per heavy atom. The third kappa shape index (κ3) is 3.10. The van der Waals surface area contributed by atoms with Crippen LogP contribution in [0.2, 0.25) is 0 Å². The summed E-state index contributed by atoms with van der Waals surface area (Å²) in [7, 11) is 0. The predicted molar refractivity (Wildman–Crippen MR) is 101 cm³/mol. The number of nitrogens with zero attached hydrogens (tertiary/aromatic N) is 2. The Bertz CT molecular complexity index is 964. The molecule has 0 radical (unpaired) electrons. The van der Waals surface area contributed by atoms with Gasteiger partial charge in [-0.1, -0.05) is 24.3 Å². The number of hydrogen-bond donors (Lipinski definition) is 2. The van der Waals surface area contributed by atoms with Gasteiger partial charge in [-0.2, -0.15) is 5.10 Å². The van der Waals surface area contributed by atoms with Gasteiger partial charge >= 0.3 is 5.97 Å². The third-order valence-electron chi connectivity index (χ3n) is 5.92. The van der Waals surface area contributed by atoms with Crippen LogP contribution in [0.15, 0.2) is 36.4 Å². The van der Waals surface area contributed by atoms with Crippen molar-refractivity contribution in [2.75, 3.05) is 5.32 Å². The number of carbonyl (C=O) groups is 2. The number of anilines is 1. The van der Waals surface area contributed by atoms with Crippen LogP contribution in [0.1, 0.15) is 23.4 Å². The van der Waals surface area contributed by atoms with Crippen LogP contribution >= 0.6 is 0 Å². The number of halogens is 1. The fraction of sp³-hybridized carbons (Fsp3) is 0.381.